The predicted octanol–water partition coefficient (Wildman–Crippen LogP) is 3.28. The van der Waals surface area contributed by atoms with E-state index in [-0.39, 0.29) is 17.8 Å². The van der Waals surface area contributed by atoms with Gasteiger partial charge in [0.25, 0.3) is 5.91 Å². The highest BCUT2D eigenvalue weighted by Crippen LogP contribution is 2.22. The summed E-state index contributed by atoms with van der Waals surface area (Å²) in [5.41, 5.74) is 1.49. The molecular formula is C19H20ClFN2O2. The molecule has 0 aromatic heterocycles. The van der Waals surface area contributed by atoms with E-state index in [1.807, 2.05) is 0 Å². The third kappa shape index (κ3) is 4.78. The van der Waals surface area contributed by atoms with Gasteiger partial charge >= 0.3 is 0 Å². The van der Waals surface area contributed by atoms with Crippen LogP contribution in [0.15, 0.2) is 48.5 Å². The SMILES string of the molecule is O=C(NCC(c1ccc(F)cc1)N1CCOCC1)c1cccc(Cl)c1. The van der Waals surface area contributed by atoms with Crippen LogP contribution in [0.1, 0.15) is 22.0 Å². The third-order valence-electron chi connectivity index (χ3n) is 4.28. The number of benzene rings is 2. The van der Waals surface area contributed by atoms with Crippen LogP contribution in [-0.4, -0.2) is 43.7 Å². The molecule has 1 amide bonds. The second-order valence-corrected chi connectivity index (χ2v) is 6.37. The lowest BCUT2D eigenvalue weighted by molar-refractivity contribution is 0.0162. The second kappa shape index (κ2) is 8.43. The van der Waals surface area contributed by atoms with Gasteiger partial charge in [0.2, 0.25) is 0 Å². The first-order valence-electron chi connectivity index (χ1n) is 8.24. The van der Waals surface area contributed by atoms with E-state index >= 15 is 0 Å². The Hall–Kier alpha value is -1.95. The second-order valence-electron chi connectivity index (χ2n) is 5.94. The lowest BCUT2D eigenvalue weighted by atomic mass is 10.0. The average molecular weight is 363 g/mol. The van der Waals surface area contributed by atoms with Gasteiger partial charge in [-0.3, -0.25) is 9.69 Å². The number of carbonyl (C=O) groups is 1. The fourth-order valence-electron chi connectivity index (χ4n) is 2.95. The molecule has 1 saturated heterocycles. The quantitative estimate of drug-likeness (QED) is 0.887. The number of hydrogen-bond acceptors (Lipinski definition) is 3. The first-order chi connectivity index (χ1) is 12.1. The van der Waals surface area contributed by atoms with Gasteiger partial charge in [-0.1, -0.05) is 29.8 Å². The Morgan fingerprint density at radius 1 is 1.20 bits per heavy atom. The minimum atomic E-state index is -0.271. The Morgan fingerprint density at radius 3 is 2.60 bits per heavy atom. The molecule has 2 aromatic rings. The Kier molecular flexibility index (Phi) is 6.02. The van der Waals surface area contributed by atoms with Crippen LogP contribution >= 0.6 is 11.6 Å². The molecule has 6 heteroatoms. The number of carbonyl (C=O) groups excluding carboxylic acids is 1. The van der Waals surface area contributed by atoms with Crippen molar-refractivity contribution in [2.75, 3.05) is 32.8 Å². The molecular weight excluding hydrogens is 343 g/mol. The van der Waals surface area contributed by atoms with Crippen molar-refractivity contribution in [3.05, 3.63) is 70.5 Å². The van der Waals surface area contributed by atoms with Crippen LogP contribution in [-0.2, 0) is 4.74 Å². The number of rotatable bonds is 5. The Morgan fingerprint density at radius 2 is 1.92 bits per heavy atom. The number of nitrogens with one attached hydrogen (secondary N) is 1. The number of ether oxygens (including phenoxy) is 1. The van der Waals surface area contributed by atoms with Crippen molar-refractivity contribution in [1.82, 2.24) is 10.2 Å². The normalized spacial score (nSPS) is 16.4. The summed E-state index contributed by atoms with van der Waals surface area (Å²) in [6.45, 7) is 3.28. The molecule has 1 heterocycles. The topological polar surface area (TPSA) is 41.6 Å². The summed E-state index contributed by atoms with van der Waals surface area (Å²) in [5, 5.41) is 3.49. The molecule has 1 aliphatic heterocycles. The van der Waals surface area contributed by atoms with Gasteiger partial charge in [0.1, 0.15) is 5.82 Å². The van der Waals surface area contributed by atoms with Gasteiger partial charge in [-0.05, 0) is 35.9 Å². The largest absolute Gasteiger partial charge is 0.379 e. The standard InChI is InChI=1S/C19H20ClFN2O2/c20-16-3-1-2-15(12-16)19(24)22-13-18(23-8-10-25-11-9-23)14-4-6-17(21)7-5-14/h1-7,12,18H,8-11,13H2,(H,22,24). The molecule has 132 valence electrons. The highest BCUT2D eigenvalue weighted by Gasteiger charge is 2.23. The van der Waals surface area contributed by atoms with E-state index < -0.39 is 0 Å². The zero-order valence-corrected chi connectivity index (χ0v) is 14.5. The van der Waals surface area contributed by atoms with Crippen molar-refractivity contribution < 1.29 is 13.9 Å². The molecule has 0 saturated carbocycles. The fraction of sp³-hybridized carbons (Fsp3) is 0.316. The summed E-state index contributed by atoms with van der Waals surface area (Å²) in [4.78, 5) is 14.6. The van der Waals surface area contributed by atoms with Crippen molar-refractivity contribution in [3.8, 4) is 0 Å². The Balaban J connectivity index is 1.73. The van der Waals surface area contributed by atoms with Crippen LogP contribution in [0.25, 0.3) is 0 Å². The van der Waals surface area contributed by atoms with Gasteiger partial charge in [0, 0.05) is 30.2 Å². The zero-order chi connectivity index (χ0) is 17.6. The summed E-state index contributed by atoms with van der Waals surface area (Å²) in [5.74, 6) is -0.449. The molecule has 0 aliphatic carbocycles. The Bertz CT molecular complexity index is 718. The number of halogens is 2. The van der Waals surface area contributed by atoms with E-state index in [4.69, 9.17) is 16.3 Å². The number of amides is 1. The van der Waals surface area contributed by atoms with Crippen molar-refractivity contribution in [2.24, 2.45) is 0 Å². The predicted molar refractivity (Wildman–Crippen MR) is 95.3 cm³/mol. The van der Waals surface area contributed by atoms with Crippen LogP contribution in [0, 0.1) is 5.82 Å². The monoisotopic (exact) mass is 362 g/mol. The van der Waals surface area contributed by atoms with Crippen LogP contribution in [0.5, 0.6) is 0 Å². The van der Waals surface area contributed by atoms with E-state index in [9.17, 15) is 9.18 Å². The maximum Gasteiger partial charge on any atom is 0.251 e. The molecule has 0 radical (unpaired) electrons. The highest BCUT2D eigenvalue weighted by molar-refractivity contribution is 6.30. The lowest BCUT2D eigenvalue weighted by Gasteiger charge is -2.35. The van der Waals surface area contributed by atoms with Crippen molar-refractivity contribution in [3.63, 3.8) is 0 Å². The van der Waals surface area contributed by atoms with E-state index in [1.54, 1.807) is 36.4 Å². The highest BCUT2D eigenvalue weighted by atomic mass is 35.5. The molecule has 25 heavy (non-hydrogen) atoms. The first kappa shape index (κ1) is 17.9. The minimum absolute atomic E-state index is 0.0346. The third-order valence-corrected chi connectivity index (χ3v) is 4.52. The summed E-state index contributed by atoms with van der Waals surface area (Å²) in [7, 11) is 0. The molecule has 4 nitrogen and oxygen atoms in total. The molecule has 1 aliphatic rings. The molecule has 1 fully saturated rings. The first-order valence-corrected chi connectivity index (χ1v) is 8.62. The average Bonchev–Trinajstić information content (AvgIpc) is 2.64. The van der Waals surface area contributed by atoms with Crippen molar-refractivity contribution >= 4 is 17.5 Å². The van der Waals surface area contributed by atoms with Crippen molar-refractivity contribution in [2.45, 2.75) is 6.04 Å². The maximum absolute atomic E-state index is 13.2. The number of morpholine rings is 1. The lowest BCUT2D eigenvalue weighted by Crippen LogP contribution is -2.43. The minimum Gasteiger partial charge on any atom is -0.379 e. The van der Waals surface area contributed by atoms with E-state index in [0.717, 1.165) is 18.7 Å². The zero-order valence-electron chi connectivity index (χ0n) is 13.8. The molecule has 2 aromatic carbocycles. The van der Waals surface area contributed by atoms with Crippen LogP contribution in [0.2, 0.25) is 5.02 Å². The van der Waals surface area contributed by atoms with Gasteiger partial charge in [0.15, 0.2) is 0 Å². The molecule has 0 spiro atoms. The van der Waals surface area contributed by atoms with E-state index in [0.29, 0.717) is 30.3 Å². The van der Waals surface area contributed by atoms with Crippen LogP contribution in [0.4, 0.5) is 4.39 Å². The smallest absolute Gasteiger partial charge is 0.251 e. The van der Waals surface area contributed by atoms with Crippen LogP contribution in [0.3, 0.4) is 0 Å². The molecule has 1 atom stereocenters. The maximum atomic E-state index is 13.2. The van der Waals surface area contributed by atoms with Gasteiger partial charge in [-0.2, -0.15) is 0 Å². The summed E-state index contributed by atoms with van der Waals surface area (Å²) in [6.07, 6.45) is 0. The van der Waals surface area contributed by atoms with E-state index in [1.165, 1.54) is 12.1 Å². The Labute approximate surface area is 151 Å². The summed E-state index contributed by atoms with van der Waals surface area (Å²) < 4.78 is 18.7. The van der Waals surface area contributed by atoms with Gasteiger partial charge in [-0.25, -0.2) is 4.39 Å². The van der Waals surface area contributed by atoms with Crippen molar-refractivity contribution in [1.29, 1.82) is 0 Å². The van der Waals surface area contributed by atoms with Gasteiger partial charge in [-0.15, -0.1) is 0 Å². The molecule has 3 rings (SSSR count). The van der Waals surface area contributed by atoms with Crippen LogP contribution < -0.4 is 5.32 Å². The molecule has 1 N–H and O–H groups in total. The number of hydrogen-bond donors (Lipinski definition) is 1. The summed E-state index contributed by atoms with van der Waals surface area (Å²) in [6, 6.07) is 13.2. The summed E-state index contributed by atoms with van der Waals surface area (Å²) >= 11 is 5.95. The fourth-order valence-corrected chi connectivity index (χ4v) is 3.14. The molecule has 1 unspecified atom stereocenters. The van der Waals surface area contributed by atoms with E-state index in [2.05, 4.69) is 10.2 Å². The van der Waals surface area contributed by atoms with Gasteiger partial charge in [0.05, 0.1) is 19.3 Å². The van der Waals surface area contributed by atoms with Gasteiger partial charge < -0.3 is 10.1 Å². The number of nitrogens with zero attached hydrogens (tertiary/aromatic N) is 1. The molecule has 0 bridgehead atoms.